The summed E-state index contributed by atoms with van der Waals surface area (Å²) in [6, 6.07) is 4.88. The van der Waals surface area contributed by atoms with E-state index in [1.807, 2.05) is 0 Å². The summed E-state index contributed by atoms with van der Waals surface area (Å²) >= 11 is 0. The second-order valence-corrected chi connectivity index (χ2v) is 5.97. The summed E-state index contributed by atoms with van der Waals surface area (Å²) in [5.41, 5.74) is 0.0221. The Balaban J connectivity index is 1.91. The van der Waals surface area contributed by atoms with Crippen LogP contribution in [0.4, 0.5) is 13.2 Å². The number of benzene rings is 1. The lowest BCUT2D eigenvalue weighted by Crippen LogP contribution is -2.44. The predicted molar refractivity (Wildman–Crippen MR) is 64.5 cm³/mol. The van der Waals surface area contributed by atoms with Crippen molar-refractivity contribution in [3.05, 3.63) is 35.4 Å². The average Bonchev–Trinajstić information content (AvgIpc) is 2.23. The number of hydrogen-bond donors (Lipinski definition) is 1. The molecule has 0 spiro atoms. The van der Waals surface area contributed by atoms with Crippen LogP contribution < -0.4 is 5.32 Å². The summed E-state index contributed by atoms with van der Waals surface area (Å²) in [6.45, 7) is 1.78. The summed E-state index contributed by atoms with van der Waals surface area (Å²) in [5, 5.41) is 3.10. The third kappa shape index (κ3) is 3.55. The minimum absolute atomic E-state index is 0.328. The molecule has 1 aromatic carbocycles. The van der Waals surface area contributed by atoms with Crippen molar-refractivity contribution in [2.75, 3.05) is 18.8 Å². The van der Waals surface area contributed by atoms with Crippen LogP contribution >= 0.6 is 0 Å². The molecule has 1 aliphatic rings. The molecule has 1 saturated heterocycles. The minimum Gasteiger partial charge on any atom is -0.316 e. The molecule has 0 saturated carbocycles. The zero-order chi connectivity index (χ0) is 13.2. The fourth-order valence-corrected chi connectivity index (χ4v) is 3.21. The van der Waals surface area contributed by atoms with Gasteiger partial charge in [-0.25, -0.2) is 0 Å². The first-order chi connectivity index (χ1) is 8.45. The lowest BCUT2D eigenvalue weighted by atomic mass is 10.1. The summed E-state index contributed by atoms with van der Waals surface area (Å²) in [7, 11) is -0.999. The Morgan fingerprint density at radius 1 is 1.22 bits per heavy atom. The van der Waals surface area contributed by atoms with Crippen molar-refractivity contribution < 1.29 is 17.4 Å². The molecule has 1 unspecified atom stereocenters. The van der Waals surface area contributed by atoms with Gasteiger partial charge in [0.15, 0.2) is 0 Å². The molecule has 1 N–H and O–H groups in total. The van der Waals surface area contributed by atoms with E-state index in [-0.39, 0.29) is 0 Å². The Hall–Kier alpha value is -0.880. The highest BCUT2D eigenvalue weighted by atomic mass is 32.2. The van der Waals surface area contributed by atoms with Crippen molar-refractivity contribution in [2.24, 2.45) is 5.92 Å². The molecule has 2 rings (SSSR count). The van der Waals surface area contributed by atoms with Gasteiger partial charge in [-0.1, -0.05) is 12.1 Å². The maximum Gasteiger partial charge on any atom is 0.416 e. The van der Waals surface area contributed by atoms with Gasteiger partial charge < -0.3 is 5.32 Å². The van der Waals surface area contributed by atoms with Crippen LogP contribution in [0.25, 0.3) is 0 Å². The monoisotopic (exact) mass is 277 g/mol. The van der Waals surface area contributed by atoms with E-state index in [1.165, 1.54) is 12.1 Å². The fraction of sp³-hybridized carbons (Fsp3) is 0.500. The molecule has 1 aliphatic heterocycles. The number of nitrogens with one attached hydrogen (secondary N) is 1. The third-order valence-corrected chi connectivity index (χ3v) is 4.40. The predicted octanol–water partition coefficient (Wildman–Crippen LogP) is 2.17. The fourth-order valence-electron chi connectivity index (χ4n) is 1.76. The maximum atomic E-state index is 12.3. The first kappa shape index (κ1) is 13.5. The van der Waals surface area contributed by atoms with E-state index in [0.717, 1.165) is 25.2 Å². The topological polar surface area (TPSA) is 29.1 Å². The maximum absolute atomic E-state index is 12.3. The molecule has 1 atom stereocenters. The van der Waals surface area contributed by atoms with Crippen LogP contribution in [0, 0.1) is 5.92 Å². The van der Waals surface area contributed by atoms with Crippen molar-refractivity contribution in [1.29, 1.82) is 0 Å². The van der Waals surface area contributed by atoms with Crippen molar-refractivity contribution in [3.8, 4) is 0 Å². The minimum atomic E-state index is -4.31. The first-order valence-electron chi connectivity index (χ1n) is 5.67. The van der Waals surface area contributed by atoms with E-state index in [2.05, 4.69) is 5.32 Å². The summed E-state index contributed by atoms with van der Waals surface area (Å²) < 4.78 is 48.8. The largest absolute Gasteiger partial charge is 0.416 e. The molecular weight excluding hydrogens is 263 g/mol. The molecule has 100 valence electrons. The van der Waals surface area contributed by atoms with Gasteiger partial charge in [0, 0.05) is 35.4 Å². The average molecular weight is 277 g/mol. The Morgan fingerprint density at radius 3 is 2.28 bits per heavy atom. The van der Waals surface area contributed by atoms with Gasteiger partial charge in [0.1, 0.15) is 0 Å². The molecule has 0 radical (unpaired) electrons. The SMILES string of the molecule is O=S(Cc1ccc(C(F)(F)F)cc1)CC1CNC1. The van der Waals surface area contributed by atoms with E-state index < -0.39 is 22.5 Å². The number of rotatable bonds is 4. The standard InChI is InChI=1S/C12H14F3NOS/c13-12(14,15)11-3-1-9(2-4-11)7-18(17)8-10-5-16-6-10/h1-4,10,16H,5-8H2. The molecule has 6 heteroatoms. The van der Waals surface area contributed by atoms with Gasteiger partial charge in [-0.3, -0.25) is 4.21 Å². The van der Waals surface area contributed by atoms with Crippen LogP contribution in [0.3, 0.4) is 0 Å². The van der Waals surface area contributed by atoms with Gasteiger partial charge in [0.25, 0.3) is 0 Å². The highest BCUT2D eigenvalue weighted by molar-refractivity contribution is 7.84. The summed E-state index contributed by atoms with van der Waals surface area (Å²) in [5.74, 6) is 1.39. The molecule has 0 aromatic heterocycles. The number of halogens is 3. The van der Waals surface area contributed by atoms with E-state index in [0.29, 0.717) is 23.0 Å². The van der Waals surface area contributed by atoms with Crippen LogP contribution in [-0.2, 0) is 22.7 Å². The Morgan fingerprint density at radius 2 is 1.83 bits per heavy atom. The van der Waals surface area contributed by atoms with Crippen LogP contribution in [0.15, 0.2) is 24.3 Å². The van der Waals surface area contributed by atoms with E-state index in [4.69, 9.17) is 0 Å². The van der Waals surface area contributed by atoms with Crippen molar-refractivity contribution >= 4 is 10.8 Å². The van der Waals surface area contributed by atoms with Gasteiger partial charge >= 0.3 is 6.18 Å². The Kier molecular flexibility index (Phi) is 4.07. The molecule has 0 aliphatic carbocycles. The molecule has 0 amide bonds. The van der Waals surface area contributed by atoms with Gasteiger partial charge in [-0.15, -0.1) is 0 Å². The highest BCUT2D eigenvalue weighted by Gasteiger charge is 2.30. The second-order valence-electron chi connectivity index (χ2n) is 4.47. The van der Waals surface area contributed by atoms with E-state index >= 15 is 0 Å². The van der Waals surface area contributed by atoms with Crippen molar-refractivity contribution in [3.63, 3.8) is 0 Å². The summed E-state index contributed by atoms with van der Waals surface area (Å²) in [6.07, 6.45) is -4.31. The summed E-state index contributed by atoms with van der Waals surface area (Å²) in [4.78, 5) is 0. The van der Waals surface area contributed by atoms with E-state index in [1.54, 1.807) is 0 Å². The smallest absolute Gasteiger partial charge is 0.316 e. The van der Waals surface area contributed by atoms with Crippen molar-refractivity contribution in [1.82, 2.24) is 5.32 Å². The quantitative estimate of drug-likeness (QED) is 0.914. The molecule has 1 fully saturated rings. The molecular formula is C12H14F3NOS. The molecule has 18 heavy (non-hydrogen) atoms. The molecule has 0 bridgehead atoms. The Labute approximate surface area is 106 Å². The zero-order valence-corrected chi connectivity index (χ0v) is 10.5. The molecule has 2 nitrogen and oxygen atoms in total. The Bertz CT molecular complexity index is 426. The van der Waals surface area contributed by atoms with Crippen molar-refractivity contribution in [2.45, 2.75) is 11.9 Å². The number of alkyl halides is 3. The van der Waals surface area contributed by atoms with Crippen LogP contribution in [-0.4, -0.2) is 23.1 Å². The molecule has 1 aromatic rings. The first-order valence-corrected chi connectivity index (χ1v) is 7.16. The lowest BCUT2D eigenvalue weighted by molar-refractivity contribution is -0.137. The van der Waals surface area contributed by atoms with E-state index in [9.17, 15) is 17.4 Å². The van der Waals surface area contributed by atoms with Gasteiger partial charge in [0.2, 0.25) is 0 Å². The third-order valence-electron chi connectivity index (χ3n) is 2.90. The number of hydrogen-bond acceptors (Lipinski definition) is 2. The highest BCUT2D eigenvalue weighted by Crippen LogP contribution is 2.29. The zero-order valence-electron chi connectivity index (χ0n) is 9.67. The van der Waals surface area contributed by atoms with Gasteiger partial charge in [-0.2, -0.15) is 13.2 Å². The second kappa shape index (κ2) is 5.40. The van der Waals surface area contributed by atoms with Crippen LogP contribution in [0.2, 0.25) is 0 Å². The lowest BCUT2D eigenvalue weighted by Gasteiger charge is -2.26. The molecule has 1 heterocycles. The van der Waals surface area contributed by atoms with Crippen LogP contribution in [0.5, 0.6) is 0 Å². The van der Waals surface area contributed by atoms with Gasteiger partial charge in [0.05, 0.1) is 5.56 Å². The normalized spacial score (nSPS) is 18.4. The van der Waals surface area contributed by atoms with Gasteiger partial charge in [-0.05, 0) is 23.6 Å². The van der Waals surface area contributed by atoms with Crippen LogP contribution in [0.1, 0.15) is 11.1 Å².